The van der Waals surface area contributed by atoms with Gasteiger partial charge in [0.1, 0.15) is 5.52 Å². The monoisotopic (exact) mass is 398 g/mol. The molecular weight excluding hydrogens is 394 g/mol. The number of aromatic nitrogens is 2. The Morgan fingerprint density at radius 3 is 2.62 bits per heavy atom. The smallest absolute Gasteiger partial charge is 0.185 e. The molecule has 0 saturated carbocycles. The van der Waals surface area contributed by atoms with Gasteiger partial charge in [0.2, 0.25) is 0 Å². The summed E-state index contributed by atoms with van der Waals surface area (Å²) in [6.07, 6.45) is 0.728. The number of nitrogens with zero attached hydrogens (tertiary/aromatic N) is 1. The van der Waals surface area contributed by atoms with Crippen molar-refractivity contribution >= 4 is 62.5 Å². The summed E-state index contributed by atoms with van der Waals surface area (Å²) in [6.45, 7) is 0. The zero-order valence-electron chi connectivity index (χ0n) is 6.34. The Morgan fingerprint density at radius 1 is 1.31 bits per heavy atom. The second-order valence-corrected chi connectivity index (χ2v) is 4.82. The van der Waals surface area contributed by atoms with Gasteiger partial charge in [-0.05, 0) is 57.3 Å². The van der Waals surface area contributed by atoms with E-state index in [1.165, 1.54) is 0 Å². The Balaban J connectivity index is 2.87. The van der Waals surface area contributed by atoms with Crippen molar-refractivity contribution in [2.24, 2.45) is 0 Å². The number of fused-ring (bicyclic) bond motifs is 1. The molecule has 13 heavy (non-hydrogen) atoms. The maximum Gasteiger partial charge on any atom is 0.185 e. The first-order valence-electron chi connectivity index (χ1n) is 3.51. The number of benzene rings is 1. The number of aldehydes is 1. The molecule has 2 aromatic rings. The van der Waals surface area contributed by atoms with Crippen LogP contribution in [-0.2, 0) is 0 Å². The van der Waals surface area contributed by atoms with E-state index in [1.807, 2.05) is 12.1 Å². The molecule has 0 bridgehead atoms. The van der Waals surface area contributed by atoms with Gasteiger partial charge in [-0.2, -0.15) is 0 Å². The van der Waals surface area contributed by atoms with Crippen LogP contribution in [0.25, 0.3) is 11.0 Å². The summed E-state index contributed by atoms with van der Waals surface area (Å²) in [4.78, 5) is 17.6. The highest BCUT2D eigenvalue weighted by atomic mass is 127. The van der Waals surface area contributed by atoms with Crippen LogP contribution in [0.4, 0.5) is 0 Å². The lowest BCUT2D eigenvalue weighted by molar-refractivity contribution is 0.111. The van der Waals surface area contributed by atoms with Crippen LogP contribution in [0.2, 0.25) is 0 Å². The SMILES string of the molecule is O=Cc1nc2c(I)ccc(I)c2[nH]1. The normalized spacial score (nSPS) is 10.6. The first-order valence-corrected chi connectivity index (χ1v) is 5.67. The zero-order valence-corrected chi connectivity index (χ0v) is 10.7. The number of imidazole rings is 1. The van der Waals surface area contributed by atoms with E-state index >= 15 is 0 Å². The number of carbonyl (C=O) groups excluding carboxylic acids is 1. The van der Waals surface area contributed by atoms with Gasteiger partial charge in [-0.3, -0.25) is 4.79 Å². The standard InChI is InChI=1S/C8H4I2N2O/c9-4-1-2-5(10)8-7(4)11-6(3-13)12-8/h1-3H,(H,11,12). The molecule has 0 amide bonds. The molecule has 0 fully saturated rings. The topological polar surface area (TPSA) is 45.8 Å². The van der Waals surface area contributed by atoms with Gasteiger partial charge in [0.05, 0.1) is 5.52 Å². The first-order chi connectivity index (χ1) is 6.22. The summed E-state index contributed by atoms with van der Waals surface area (Å²) in [7, 11) is 0. The van der Waals surface area contributed by atoms with Crippen LogP contribution in [0.1, 0.15) is 10.6 Å². The number of halogens is 2. The Hall–Kier alpha value is -0.180. The van der Waals surface area contributed by atoms with Crippen molar-refractivity contribution in [1.82, 2.24) is 9.97 Å². The molecule has 1 N–H and O–H groups in total. The molecule has 0 spiro atoms. The van der Waals surface area contributed by atoms with Crippen molar-refractivity contribution in [2.75, 3.05) is 0 Å². The van der Waals surface area contributed by atoms with Crippen LogP contribution in [0.15, 0.2) is 12.1 Å². The van der Waals surface area contributed by atoms with Crippen molar-refractivity contribution in [1.29, 1.82) is 0 Å². The average molecular weight is 398 g/mol. The Kier molecular flexibility index (Phi) is 2.54. The van der Waals surface area contributed by atoms with Crippen LogP contribution in [0, 0.1) is 7.14 Å². The van der Waals surface area contributed by atoms with E-state index in [1.54, 1.807) is 0 Å². The molecule has 0 radical (unpaired) electrons. The van der Waals surface area contributed by atoms with Gasteiger partial charge < -0.3 is 4.98 Å². The molecule has 66 valence electrons. The lowest BCUT2D eigenvalue weighted by Crippen LogP contribution is -1.79. The van der Waals surface area contributed by atoms with Crippen LogP contribution in [0.3, 0.4) is 0 Å². The predicted octanol–water partition coefficient (Wildman–Crippen LogP) is 2.58. The Labute approximate surface area is 102 Å². The fourth-order valence-electron chi connectivity index (χ4n) is 1.10. The number of carbonyl (C=O) groups is 1. The second-order valence-electron chi connectivity index (χ2n) is 2.49. The number of hydrogen-bond donors (Lipinski definition) is 1. The van der Waals surface area contributed by atoms with E-state index in [9.17, 15) is 4.79 Å². The minimum atomic E-state index is 0.386. The number of rotatable bonds is 1. The molecule has 1 heterocycles. The Bertz CT molecular complexity index is 439. The van der Waals surface area contributed by atoms with Crippen LogP contribution < -0.4 is 0 Å². The maximum absolute atomic E-state index is 10.5. The lowest BCUT2D eigenvalue weighted by Gasteiger charge is -1.93. The lowest BCUT2D eigenvalue weighted by atomic mass is 10.3. The fraction of sp³-hybridized carbons (Fsp3) is 0. The van der Waals surface area contributed by atoms with E-state index in [-0.39, 0.29) is 0 Å². The predicted molar refractivity (Wildman–Crippen MR) is 66.9 cm³/mol. The highest BCUT2D eigenvalue weighted by Crippen LogP contribution is 2.22. The third-order valence-electron chi connectivity index (χ3n) is 1.67. The van der Waals surface area contributed by atoms with Gasteiger partial charge >= 0.3 is 0 Å². The molecule has 3 nitrogen and oxygen atoms in total. The molecule has 1 aromatic heterocycles. The van der Waals surface area contributed by atoms with Crippen molar-refractivity contribution < 1.29 is 4.79 Å². The number of aromatic amines is 1. The van der Waals surface area contributed by atoms with Crippen molar-refractivity contribution in [3.63, 3.8) is 0 Å². The minimum Gasteiger partial charge on any atom is -0.335 e. The van der Waals surface area contributed by atoms with Gasteiger partial charge in [-0.15, -0.1) is 0 Å². The van der Waals surface area contributed by atoms with Gasteiger partial charge in [0.25, 0.3) is 0 Å². The number of nitrogens with one attached hydrogen (secondary N) is 1. The average Bonchev–Trinajstić information content (AvgIpc) is 2.56. The molecule has 2 rings (SSSR count). The zero-order chi connectivity index (χ0) is 9.42. The van der Waals surface area contributed by atoms with Crippen LogP contribution in [-0.4, -0.2) is 16.3 Å². The molecule has 0 unspecified atom stereocenters. The summed E-state index contributed by atoms with van der Waals surface area (Å²) in [5, 5.41) is 0. The molecule has 0 aliphatic rings. The number of H-pyrrole nitrogens is 1. The highest BCUT2D eigenvalue weighted by Gasteiger charge is 2.07. The van der Waals surface area contributed by atoms with E-state index in [0.29, 0.717) is 5.82 Å². The van der Waals surface area contributed by atoms with E-state index in [2.05, 4.69) is 55.1 Å². The highest BCUT2D eigenvalue weighted by molar-refractivity contribution is 14.1. The summed E-state index contributed by atoms with van der Waals surface area (Å²) >= 11 is 4.42. The van der Waals surface area contributed by atoms with Crippen molar-refractivity contribution in [3.05, 3.63) is 25.1 Å². The molecule has 0 saturated heterocycles. The van der Waals surface area contributed by atoms with Gasteiger partial charge in [0, 0.05) is 7.14 Å². The van der Waals surface area contributed by atoms with Gasteiger partial charge in [-0.25, -0.2) is 4.98 Å². The Morgan fingerprint density at radius 2 is 2.00 bits per heavy atom. The summed E-state index contributed by atoms with van der Waals surface area (Å²) in [5.74, 6) is 0.386. The third-order valence-corrected chi connectivity index (χ3v) is 3.44. The molecule has 0 aliphatic heterocycles. The molecule has 5 heteroatoms. The second kappa shape index (κ2) is 3.52. The van der Waals surface area contributed by atoms with Crippen molar-refractivity contribution in [2.45, 2.75) is 0 Å². The molecule has 0 aliphatic carbocycles. The molecule has 1 aromatic carbocycles. The van der Waals surface area contributed by atoms with Gasteiger partial charge in [0.15, 0.2) is 12.1 Å². The third kappa shape index (κ3) is 1.58. The van der Waals surface area contributed by atoms with Crippen LogP contribution in [0.5, 0.6) is 0 Å². The van der Waals surface area contributed by atoms with Crippen molar-refractivity contribution in [3.8, 4) is 0 Å². The largest absolute Gasteiger partial charge is 0.335 e. The fourth-order valence-corrected chi connectivity index (χ4v) is 2.24. The minimum absolute atomic E-state index is 0.386. The summed E-state index contributed by atoms with van der Waals surface area (Å²) in [6, 6.07) is 3.98. The first kappa shape index (κ1) is 9.38. The number of hydrogen-bond acceptors (Lipinski definition) is 2. The van der Waals surface area contributed by atoms with E-state index < -0.39 is 0 Å². The quantitative estimate of drug-likeness (QED) is 0.593. The van der Waals surface area contributed by atoms with Gasteiger partial charge in [-0.1, -0.05) is 0 Å². The summed E-state index contributed by atoms with van der Waals surface area (Å²) < 4.78 is 2.13. The van der Waals surface area contributed by atoms with E-state index in [4.69, 9.17) is 0 Å². The molecule has 0 atom stereocenters. The van der Waals surface area contributed by atoms with Crippen LogP contribution >= 0.6 is 45.2 Å². The molecular formula is C8H4I2N2O. The van der Waals surface area contributed by atoms with E-state index in [0.717, 1.165) is 24.5 Å². The maximum atomic E-state index is 10.5. The summed E-state index contributed by atoms with van der Waals surface area (Å²) in [5.41, 5.74) is 1.81.